The molecule has 1 heterocycles. The third kappa shape index (κ3) is 3.79. The van der Waals surface area contributed by atoms with Crippen LogP contribution >= 0.6 is 23.2 Å². The van der Waals surface area contributed by atoms with Gasteiger partial charge in [0.15, 0.2) is 0 Å². The number of fused-ring (bicyclic) bond motifs is 2. The standard InChI is InChI=1S/C21H22Cl2N2O2/c22-18-8-7-16(10-19(18)23)25(21(26)27)13-17-15-6-9-20(17)24(12-15)11-14-4-2-1-3-5-14/h1-5,7-8,10,15,17,20H,6,9,11-13H2,(H,26,27). The fourth-order valence-corrected chi connectivity index (χ4v) is 4.96. The second-order valence-corrected chi connectivity index (χ2v) is 8.29. The van der Waals surface area contributed by atoms with E-state index < -0.39 is 6.09 Å². The molecule has 0 radical (unpaired) electrons. The van der Waals surface area contributed by atoms with Crippen LogP contribution in [0, 0.1) is 11.8 Å². The first-order valence-corrected chi connectivity index (χ1v) is 10.0. The molecule has 2 aromatic carbocycles. The van der Waals surface area contributed by atoms with Crippen LogP contribution in [0.2, 0.25) is 10.0 Å². The summed E-state index contributed by atoms with van der Waals surface area (Å²) in [6.07, 6.45) is 1.36. The largest absolute Gasteiger partial charge is 0.465 e. The van der Waals surface area contributed by atoms with Crippen molar-refractivity contribution >= 4 is 35.0 Å². The lowest BCUT2D eigenvalue weighted by molar-refractivity contribution is 0.192. The number of anilines is 1. The fraction of sp³-hybridized carbons (Fsp3) is 0.381. The van der Waals surface area contributed by atoms with Crippen LogP contribution in [-0.4, -0.2) is 35.2 Å². The second kappa shape index (κ2) is 7.70. The number of halogens is 2. The van der Waals surface area contributed by atoms with Gasteiger partial charge in [-0.1, -0.05) is 53.5 Å². The van der Waals surface area contributed by atoms with E-state index in [0.29, 0.717) is 40.2 Å². The van der Waals surface area contributed by atoms with Crippen molar-refractivity contribution in [2.75, 3.05) is 18.0 Å². The molecule has 1 saturated carbocycles. The molecule has 142 valence electrons. The number of hydrogen-bond acceptors (Lipinski definition) is 2. The summed E-state index contributed by atoms with van der Waals surface area (Å²) < 4.78 is 0. The highest BCUT2D eigenvalue weighted by atomic mass is 35.5. The maximum absolute atomic E-state index is 11.9. The van der Waals surface area contributed by atoms with Gasteiger partial charge in [-0.15, -0.1) is 0 Å². The lowest BCUT2D eigenvalue weighted by Crippen LogP contribution is -2.39. The van der Waals surface area contributed by atoms with E-state index >= 15 is 0 Å². The molecule has 0 spiro atoms. The van der Waals surface area contributed by atoms with Crippen LogP contribution in [0.3, 0.4) is 0 Å². The van der Waals surface area contributed by atoms with Gasteiger partial charge in [0, 0.05) is 31.4 Å². The van der Waals surface area contributed by atoms with E-state index in [-0.39, 0.29) is 0 Å². The van der Waals surface area contributed by atoms with E-state index in [1.807, 2.05) is 6.07 Å². The molecule has 2 fully saturated rings. The molecular weight excluding hydrogens is 383 g/mol. The Hall–Kier alpha value is -1.75. The normalized spacial score (nSPS) is 24.3. The van der Waals surface area contributed by atoms with Gasteiger partial charge in [-0.25, -0.2) is 4.79 Å². The SMILES string of the molecule is O=C(O)N(CC1C2CCC1N(Cc1ccccc1)C2)c1ccc(Cl)c(Cl)c1. The number of likely N-dealkylation sites (tertiary alicyclic amines) is 1. The Morgan fingerprint density at radius 1 is 1.11 bits per heavy atom. The van der Waals surface area contributed by atoms with Crippen molar-refractivity contribution in [2.45, 2.75) is 25.4 Å². The van der Waals surface area contributed by atoms with Crippen LogP contribution in [-0.2, 0) is 6.54 Å². The zero-order chi connectivity index (χ0) is 19.0. The number of piperidine rings is 1. The van der Waals surface area contributed by atoms with E-state index in [2.05, 4.69) is 29.2 Å². The summed E-state index contributed by atoms with van der Waals surface area (Å²) >= 11 is 12.1. The molecule has 27 heavy (non-hydrogen) atoms. The summed E-state index contributed by atoms with van der Waals surface area (Å²) in [4.78, 5) is 15.9. The summed E-state index contributed by atoms with van der Waals surface area (Å²) in [6, 6.07) is 15.9. The molecule has 1 amide bonds. The Bertz CT molecular complexity index is 830. The minimum Gasteiger partial charge on any atom is -0.465 e. The Morgan fingerprint density at radius 3 is 2.59 bits per heavy atom. The Kier molecular flexibility index (Phi) is 5.31. The summed E-state index contributed by atoms with van der Waals surface area (Å²) in [5.74, 6) is 0.891. The van der Waals surface area contributed by atoms with E-state index in [1.165, 1.54) is 16.9 Å². The molecule has 2 aromatic rings. The zero-order valence-corrected chi connectivity index (χ0v) is 16.4. The molecule has 4 rings (SSSR count). The van der Waals surface area contributed by atoms with Crippen LogP contribution < -0.4 is 4.90 Å². The molecule has 2 bridgehead atoms. The van der Waals surface area contributed by atoms with Crippen LogP contribution in [0.1, 0.15) is 18.4 Å². The third-order valence-corrected chi connectivity index (χ3v) is 6.68. The molecule has 1 aliphatic carbocycles. The van der Waals surface area contributed by atoms with E-state index in [1.54, 1.807) is 18.2 Å². The minimum absolute atomic E-state index is 0.347. The first-order valence-electron chi connectivity index (χ1n) is 9.26. The molecule has 1 saturated heterocycles. The highest BCUT2D eigenvalue weighted by molar-refractivity contribution is 6.42. The van der Waals surface area contributed by atoms with E-state index in [9.17, 15) is 9.90 Å². The van der Waals surface area contributed by atoms with Crippen molar-refractivity contribution in [3.63, 3.8) is 0 Å². The number of benzene rings is 2. The first-order chi connectivity index (χ1) is 13.0. The lowest BCUT2D eigenvalue weighted by atomic mass is 9.97. The van der Waals surface area contributed by atoms with E-state index in [0.717, 1.165) is 19.5 Å². The second-order valence-electron chi connectivity index (χ2n) is 7.48. The van der Waals surface area contributed by atoms with Crippen LogP contribution in [0.15, 0.2) is 48.5 Å². The van der Waals surface area contributed by atoms with Gasteiger partial charge in [0.2, 0.25) is 0 Å². The van der Waals surface area contributed by atoms with Gasteiger partial charge in [-0.3, -0.25) is 9.80 Å². The van der Waals surface area contributed by atoms with Crippen molar-refractivity contribution in [1.82, 2.24) is 4.90 Å². The van der Waals surface area contributed by atoms with Crippen molar-refractivity contribution in [3.8, 4) is 0 Å². The topological polar surface area (TPSA) is 43.8 Å². The first kappa shape index (κ1) is 18.6. The maximum Gasteiger partial charge on any atom is 0.411 e. The monoisotopic (exact) mass is 404 g/mol. The fourth-order valence-electron chi connectivity index (χ4n) is 4.67. The number of carbonyl (C=O) groups is 1. The smallest absolute Gasteiger partial charge is 0.411 e. The summed E-state index contributed by atoms with van der Waals surface area (Å²) in [6.45, 7) is 2.46. The molecule has 2 aliphatic rings. The highest BCUT2D eigenvalue weighted by Crippen LogP contribution is 2.44. The Morgan fingerprint density at radius 2 is 1.89 bits per heavy atom. The van der Waals surface area contributed by atoms with Crippen molar-refractivity contribution in [2.24, 2.45) is 11.8 Å². The van der Waals surface area contributed by atoms with Gasteiger partial charge in [-0.05, 0) is 48.4 Å². The highest BCUT2D eigenvalue weighted by Gasteiger charge is 2.47. The zero-order valence-electron chi connectivity index (χ0n) is 14.9. The number of hydrogen-bond donors (Lipinski definition) is 1. The average Bonchev–Trinajstić information content (AvgIpc) is 3.19. The molecule has 3 unspecified atom stereocenters. The minimum atomic E-state index is -0.950. The lowest BCUT2D eigenvalue weighted by Gasteiger charge is -2.29. The van der Waals surface area contributed by atoms with Gasteiger partial charge in [0.1, 0.15) is 0 Å². The number of nitrogens with zero attached hydrogens (tertiary/aromatic N) is 2. The summed E-state index contributed by atoms with van der Waals surface area (Å²) in [5.41, 5.74) is 1.89. The molecule has 3 atom stereocenters. The Labute approximate surface area is 169 Å². The van der Waals surface area contributed by atoms with Gasteiger partial charge in [-0.2, -0.15) is 0 Å². The van der Waals surface area contributed by atoms with Crippen molar-refractivity contribution in [3.05, 3.63) is 64.1 Å². The van der Waals surface area contributed by atoms with Gasteiger partial charge >= 0.3 is 6.09 Å². The summed E-state index contributed by atoms with van der Waals surface area (Å²) in [7, 11) is 0. The van der Waals surface area contributed by atoms with Gasteiger partial charge in [0.25, 0.3) is 0 Å². The van der Waals surface area contributed by atoms with Crippen molar-refractivity contribution < 1.29 is 9.90 Å². The van der Waals surface area contributed by atoms with E-state index in [4.69, 9.17) is 23.2 Å². The molecule has 1 N–H and O–H groups in total. The number of amides is 1. The summed E-state index contributed by atoms with van der Waals surface area (Å²) in [5, 5.41) is 10.6. The van der Waals surface area contributed by atoms with Crippen LogP contribution in [0.25, 0.3) is 0 Å². The predicted molar refractivity (Wildman–Crippen MR) is 109 cm³/mol. The predicted octanol–water partition coefficient (Wildman–Crippen LogP) is 5.39. The maximum atomic E-state index is 11.9. The average molecular weight is 405 g/mol. The van der Waals surface area contributed by atoms with Crippen molar-refractivity contribution in [1.29, 1.82) is 0 Å². The van der Waals surface area contributed by atoms with Gasteiger partial charge in [0.05, 0.1) is 10.0 Å². The quantitative estimate of drug-likeness (QED) is 0.726. The molecular formula is C21H22Cl2N2O2. The third-order valence-electron chi connectivity index (χ3n) is 5.94. The van der Waals surface area contributed by atoms with Gasteiger partial charge < -0.3 is 5.11 Å². The van der Waals surface area contributed by atoms with Crippen LogP contribution in [0.5, 0.6) is 0 Å². The molecule has 1 aliphatic heterocycles. The molecule has 0 aromatic heterocycles. The number of rotatable bonds is 5. The van der Waals surface area contributed by atoms with Crippen LogP contribution in [0.4, 0.5) is 10.5 Å². The Balaban J connectivity index is 1.50. The number of carboxylic acid groups (broad SMARTS) is 1. The molecule has 4 nitrogen and oxygen atoms in total. The molecule has 6 heteroatoms.